The summed E-state index contributed by atoms with van der Waals surface area (Å²) in [6.07, 6.45) is -5.10. The van der Waals surface area contributed by atoms with Gasteiger partial charge in [-0.25, -0.2) is 5.90 Å². The van der Waals surface area contributed by atoms with Gasteiger partial charge in [-0.05, 0) is 23.3 Å². The van der Waals surface area contributed by atoms with E-state index in [0.717, 1.165) is 12.1 Å². The zero-order valence-electron chi connectivity index (χ0n) is 9.89. The monoisotopic (exact) mass is 267 g/mol. The highest BCUT2D eigenvalue weighted by molar-refractivity contribution is 5.33. The van der Waals surface area contributed by atoms with E-state index in [4.69, 9.17) is 10.7 Å². The molecule has 5 heteroatoms. The van der Waals surface area contributed by atoms with Gasteiger partial charge in [-0.2, -0.15) is 13.2 Å². The average molecular weight is 267 g/mol. The highest BCUT2D eigenvalue weighted by atomic mass is 19.4. The van der Waals surface area contributed by atoms with E-state index in [1.807, 2.05) is 6.07 Å². The van der Waals surface area contributed by atoms with Gasteiger partial charge in [0.05, 0.1) is 5.56 Å². The fraction of sp³-hybridized carbons (Fsp3) is 0.143. The molecular formula is C14H12F3NO. The van der Waals surface area contributed by atoms with Gasteiger partial charge in [0.25, 0.3) is 0 Å². The first-order chi connectivity index (χ1) is 9.02. The second-order valence-electron chi connectivity index (χ2n) is 4.05. The van der Waals surface area contributed by atoms with E-state index in [0.29, 0.717) is 11.1 Å². The van der Waals surface area contributed by atoms with Gasteiger partial charge in [0.1, 0.15) is 6.10 Å². The van der Waals surface area contributed by atoms with Crippen molar-refractivity contribution in [3.8, 4) is 0 Å². The molecule has 0 heterocycles. The molecule has 0 bridgehead atoms. The second-order valence-corrected chi connectivity index (χ2v) is 4.05. The number of benzene rings is 2. The van der Waals surface area contributed by atoms with Crippen molar-refractivity contribution in [2.45, 2.75) is 12.3 Å². The molecule has 2 aromatic carbocycles. The first-order valence-corrected chi connectivity index (χ1v) is 5.60. The lowest BCUT2D eigenvalue weighted by Gasteiger charge is -2.17. The van der Waals surface area contributed by atoms with E-state index < -0.39 is 17.8 Å². The van der Waals surface area contributed by atoms with Gasteiger partial charge >= 0.3 is 6.18 Å². The van der Waals surface area contributed by atoms with Crippen LogP contribution in [-0.4, -0.2) is 0 Å². The molecule has 0 saturated heterocycles. The Hall–Kier alpha value is -1.85. The predicted molar refractivity (Wildman–Crippen MR) is 65.0 cm³/mol. The van der Waals surface area contributed by atoms with Crippen molar-refractivity contribution in [1.29, 1.82) is 0 Å². The molecule has 1 atom stereocenters. The van der Waals surface area contributed by atoms with Crippen LogP contribution in [0.1, 0.15) is 22.8 Å². The molecular weight excluding hydrogens is 255 g/mol. The maximum absolute atomic E-state index is 12.7. The SMILES string of the molecule is NOC(c1ccccc1)c1cccc(C(F)(F)F)c1. The summed E-state index contributed by atoms with van der Waals surface area (Å²) in [7, 11) is 0. The molecule has 0 saturated carbocycles. The van der Waals surface area contributed by atoms with Gasteiger partial charge in [-0.1, -0.05) is 42.5 Å². The quantitative estimate of drug-likeness (QED) is 0.861. The van der Waals surface area contributed by atoms with Crippen LogP contribution in [0.4, 0.5) is 13.2 Å². The van der Waals surface area contributed by atoms with Gasteiger partial charge in [0.15, 0.2) is 0 Å². The molecule has 100 valence electrons. The fourth-order valence-corrected chi connectivity index (χ4v) is 1.86. The van der Waals surface area contributed by atoms with Crippen LogP contribution in [0.3, 0.4) is 0 Å². The van der Waals surface area contributed by atoms with Crippen LogP contribution in [0.2, 0.25) is 0 Å². The van der Waals surface area contributed by atoms with Gasteiger partial charge < -0.3 is 0 Å². The maximum Gasteiger partial charge on any atom is 0.416 e. The Morgan fingerprint density at radius 3 is 2.11 bits per heavy atom. The fourth-order valence-electron chi connectivity index (χ4n) is 1.86. The van der Waals surface area contributed by atoms with Gasteiger partial charge in [0.2, 0.25) is 0 Å². The minimum absolute atomic E-state index is 0.364. The standard InChI is InChI=1S/C14H12F3NO/c15-14(16,17)12-8-4-7-11(9-12)13(19-18)10-5-2-1-3-6-10/h1-9,13H,18H2. The summed E-state index contributed by atoms with van der Waals surface area (Å²) in [6, 6.07) is 13.8. The largest absolute Gasteiger partial charge is 0.416 e. The molecule has 0 fully saturated rings. The first kappa shape index (κ1) is 13.6. The third-order valence-corrected chi connectivity index (χ3v) is 2.76. The molecule has 2 nitrogen and oxygen atoms in total. The molecule has 2 N–H and O–H groups in total. The van der Waals surface area contributed by atoms with Crippen LogP contribution >= 0.6 is 0 Å². The molecule has 0 amide bonds. The number of rotatable bonds is 3. The minimum Gasteiger partial charge on any atom is -0.292 e. The molecule has 0 aliphatic carbocycles. The summed E-state index contributed by atoms with van der Waals surface area (Å²) < 4.78 is 38.0. The Labute approximate surface area is 108 Å². The zero-order chi connectivity index (χ0) is 13.9. The molecule has 0 aliphatic heterocycles. The number of hydrogen-bond acceptors (Lipinski definition) is 2. The zero-order valence-corrected chi connectivity index (χ0v) is 9.89. The Morgan fingerprint density at radius 2 is 1.53 bits per heavy atom. The Bertz CT molecular complexity index is 540. The number of hydrogen-bond donors (Lipinski definition) is 1. The Balaban J connectivity index is 2.40. The highest BCUT2D eigenvalue weighted by Crippen LogP contribution is 2.32. The smallest absolute Gasteiger partial charge is 0.292 e. The third-order valence-electron chi connectivity index (χ3n) is 2.76. The van der Waals surface area contributed by atoms with Crippen LogP contribution in [0.25, 0.3) is 0 Å². The molecule has 0 aromatic heterocycles. The summed E-state index contributed by atoms with van der Waals surface area (Å²) in [6.45, 7) is 0. The maximum atomic E-state index is 12.7. The third kappa shape index (κ3) is 3.13. The number of alkyl halides is 3. The highest BCUT2D eigenvalue weighted by Gasteiger charge is 2.31. The lowest BCUT2D eigenvalue weighted by molar-refractivity contribution is -0.137. The first-order valence-electron chi connectivity index (χ1n) is 5.60. The lowest BCUT2D eigenvalue weighted by atomic mass is 9.99. The van der Waals surface area contributed by atoms with E-state index in [1.165, 1.54) is 6.07 Å². The average Bonchev–Trinajstić information content (AvgIpc) is 2.40. The number of nitrogens with two attached hydrogens (primary N) is 1. The molecule has 19 heavy (non-hydrogen) atoms. The predicted octanol–water partition coefficient (Wildman–Crippen LogP) is 3.69. The van der Waals surface area contributed by atoms with Gasteiger partial charge in [0, 0.05) is 0 Å². The molecule has 0 radical (unpaired) electrons. The molecule has 2 rings (SSSR count). The summed E-state index contributed by atoms with van der Waals surface area (Å²) in [5.74, 6) is 5.21. The lowest BCUT2D eigenvalue weighted by Crippen LogP contribution is -2.12. The van der Waals surface area contributed by atoms with Crippen molar-refractivity contribution in [2.75, 3.05) is 0 Å². The molecule has 0 spiro atoms. The normalized spacial score (nSPS) is 13.3. The van der Waals surface area contributed by atoms with Crippen molar-refractivity contribution >= 4 is 0 Å². The van der Waals surface area contributed by atoms with Crippen molar-refractivity contribution in [1.82, 2.24) is 0 Å². The Morgan fingerprint density at radius 1 is 0.895 bits per heavy atom. The Kier molecular flexibility index (Phi) is 3.87. The molecule has 0 aliphatic rings. The van der Waals surface area contributed by atoms with Gasteiger partial charge in [-0.15, -0.1) is 0 Å². The van der Waals surface area contributed by atoms with E-state index in [-0.39, 0.29) is 0 Å². The van der Waals surface area contributed by atoms with Gasteiger partial charge in [-0.3, -0.25) is 4.84 Å². The van der Waals surface area contributed by atoms with Crippen LogP contribution in [-0.2, 0) is 11.0 Å². The van der Waals surface area contributed by atoms with Crippen molar-refractivity contribution < 1.29 is 18.0 Å². The number of halogens is 3. The van der Waals surface area contributed by atoms with E-state index >= 15 is 0 Å². The van der Waals surface area contributed by atoms with E-state index in [2.05, 4.69) is 0 Å². The minimum atomic E-state index is -4.38. The topological polar surface area (TPSA) is 35.2 Å². The molecule has 1 unspecified atom stereocenters. The van der Waals surface area contributed by atoms with Crippen molar-refractivity contribution in [3.63, 3.8) is 0 Å². The van der Waals surface area contributed by atoms with Crippen molar-refractivity contribution in [3.05, 3.63) is 71.3 Å². The van der Waals surface area contributed by atoms with Crippen LogP contribution in [0.5, 0.6) is 0 Å². The van der Waals surface area contributed by atoms with E-state index in [9.17, 15) is 13.2 Å². The van der Waals surface area contributed by atoms with Crippen LogP contribution in [0.15, 0.2) is 54.6 Å². The van der Waals surface area contributed by atoms with Crippen LogP contribution in [0, 0.1) is 0 Å². The van der Waals surface area contributed by atoms with Crippen molar-refractivity contribution in [2.24, 2.45) is 5.90 Å². The summed E-state index contributed by atoms with van der Waals surface area (Å²) in [5, 5.41) is 0. The second kappa shape index (κ2) is 5.42. The van der Waals surface area contributed by atoms with E-state index in [1.54, 1.807) is 30.3 Å². The summed E-state index contributed by atoms with van der Waals surface area (Å²) in [4.78, 5) is 4.82. The van der Waals surface area contributed by atoms with Crippen LogP contribution < -0.4 is 5.90 Å². The molecule has 2 aromatic rings. The summed E-state index contributed by atoms with van der Waals surface area (Å²) in [5.41, 5.74) is 0.343. The summed E-state index contributed by atoms with van der Waals surface area (Å²) >= 11 is 0.